The highest BCUT2D eigenvalue weighted by molar-refractivity contribution is 5.82. The van der Waals surface area contributed by atoms with Gasteiger partial charge in [0, 0.05) is 24.3 Å². The molecule has 1 heterocycles. The van der Waals surface area contributed by atoms with Gasteiger partial charge in [0.1, 0.15) is 11.7 Å². The molecule has 2 aliphatic carbocycles. The van der Waals surface area contributed by atoms with Crippen LogP contribution in [-0.4, -0.2) is 23.6 Å². The summed E-state index contributed by atoms with van der Waals surface area (Å²) in [5.41, 5.74) is -0.489. The van der Waals surface area contributed by atoms with Crippen molar-refractivity contribution in [3.8, 4) is 0 Å². The van der Waals surface area contributed by atoms with Crippen LogP contribution in [0.1, 0.15) is 19.8 Å². The first-order valence-electron chi connectivity index (χ1n) is 5.63. The van der Waals surface area contributed by atoms with Gasteiger partial charge in [-0.2, -0.15) is 0 Å². The summed E-state index contributed by atoms with van der Waals surface area (Å²) in [6.07, 6.45) is 2.50. The minimum atomic E-state index is -0.489. The molecule has 3 fully saturated rings. The van der Waals surface area contributed by atoms with Gasteiger partial charge in [0.15, 0.2) is 0 Å². The largest absolute Gasteiger partial charge is 0.461 e. The maximum Gasteiger partial charge on any atom is 0.330 e. The van der Waals surface area contributed by atoms with E-state index in [4.69, 9.17) is 9.47 Å². The van der Waals surface area contributed by atoms with Crippen LogP contribution in [0.15, 0.2) is 12.7 Å². The number of fused-ring (bicyclic) bond motifs is 1. The number of esters is 2. The third-order valence-corrected chi connectivity index (χ3v) is 4.43. The van der Waals surface area contributed by atoms with Gasteiger partial charge in [-0.3, -0.25) is 4.79 Å². The Hall–Kier alpha value is -1.32. The number of ether oxygens (including phenoxy) is 2. The van der Waals surface area contributed by atoms with Crippen molar-refractivity contribution in [2.24, 2.45) is 17.8 Å². The van der Waals surface area contributed by atoms with Crippen molar-refractivity contribution in [2.45, 2.75) is 31.5 Å². The molecule has 2 saturated carbocycles. The lowest BCUT2D eigenvalue weighted by molar-refractivity contribution is -0.158. The number of hydrogen-bond acceptors (Lipinski definition) is 4. The zero-order chi connectivity index (χ0) is 11.5. The van der Waals surface area contributed by atoms with Crippen molar-refractivity contribution in [2.75, 3.05) is 0 Å². The molecule has 0 amide bonds. The standard InChI is InChI=1S/C12H14O4/c1-3-9(13)16-12-4-7-8(5-12)11(14)15-10(7)6(12)2/h3,6-8,10H,1,4-5H2,2H3. The van der Waals surface area contributed by atoms with Gasteiger partial charge >= 0.3 is 11.9 Å². The predicted molar refractivity (Wildman–Crippen MR) is 54.3 cm³/mol. The maximum atomic E-state index is 11.6. The van der Waals surface area contributed by atoms with Crippen LogP contribution in [0.2, 0.25) is 0 Å². The minimum Gasteiger partial charge on any atom is -0.461 e. The molecule has 0 radical (unpaired) electrons. The third kappa shape index (κ3) is 0.996. The van der Waals surface area contributed by atoms with E-state index in [9.17, 15) is 9.59 Å². The summed E-state index contributed by atoms with van der Waals surface area (Å²) in [5.74, 6) is -0.222. The molecule has 4 heteroatoms. The molecule has 1 aliphatic heterocycles. The van der Waals surface area contributed by atoms with Crippen LogP contribution in [0.5, 0.6) is 0 Å². The molecule has 0 aromatic heterocycles. The fourth-order valence-electron chi connectivity index (χ4n) is 3.62. The minimum absolute atomic E-state index is 0.0520. The van der Waals surface area contributed by atoms with Crippen LogP contribution < -0.4 is 0 Å². The molecule has 3 aliphatic rings. The SMILES string of the molecule is C=CC(=O)OC12CC3C(=O)OC(C3C1)C2C. The molecule has 4 nitrogen and oxygen atoms in total. The first kappa shape index (κ1) is 9.87. The summed E-state index contributed by atoms with van der Waals surface area (Å²) in [5, 5.41) is 0. The van der Waals surface area contributed by atoms with Crippen LogP contribution in [-0.2, 0) is 19.1 Å². The lowest BCUT2D eigenvalue weighted by Crippen LogP contribution is -2.41. The van der Waals surface area contributed by atoms with Gasteiger partial charge < -0.3 is 9.47 Å². The van der Waals surface area contributed by atoms with Crippen LogP contribution in [0.25, 0.3) is 0 Å². The Morgan fingerprint density at radius 3 is 3.00 bits per heavy atom. The van der Waals surface area contributed by atoms with E-state index in [1.807, 2.05) is 6.92 Å². The lowest BCUT2D eigenvalue weighted by atomic mass is 9.80. The summed E-state index contributed by atoms with van der Waals surface area (Å²) >= 11 is 0. The van der Waals surface area contributed by atoms with E-state index in [1.165, 1.54) is 6.08 Å². The molecule has 16 heavy (non-hydrogen) atoms. The molecule has 3 rings (SSSR count). The second-order valence-electron chi connectivity index (χ2n) is 5.06. The average Bonchev–Trinajstić information content (AvgIpc) is 2.81. The zero-order valence-electron chi connectivity index (χ0n) is 9.14. The highest BCUT2D eigenvalue weighted by Gasteiger charge is 2.69. The van der Waals surface area contributed by atoms with Gasteiger partial charge in [0.25, 0.3) is 0 Å². The highest BCUT2D eigenvalue weighted by Crippen LogP contribution is 2.61. The number of hydrogen-bond donors (Lipinski definition) is 0. The Morgan fingerprint density at radius 1 is 1.62 bits per heavy atom. The smallest absolute Gasteiger partial charge is 0.330 e. The Morgan fingerprint density at radius 2 is 2.38 bits per heavy atom. The molecule has 1 saturated heterocycles. The first-order valence-corrected chi connectivity index (χ1v) is 5.63. The van der Waals surface area contributed by atoms with Crippen LogP contribution in [0.4, 0.5) is 0 Å². The summed E-state index contributed by atoms with van der Waals surface area (Å²) in [7, 11) is 0. The van der Waals surface area contributed by atoms with Gasteiger partial charge in [-0.15, -0.1) is 0 Å². The summed E-state index contributed by atoms with van der Waals surface area (Å²) in [4.78, 5) is 22.9. The van der Waals surface area contributed by atoms with Crippen molar-refractivity contribution in [3.05, 3.63) is 12.7 Å². The van der Waals surface area contributed by atoms with Crippen molar-refractivity contribution in [1.82, 2.24) is 0 Å². The normalized spacial score (nSPS) is 47.9. The van der Waals surface area contributed by atoms with Gasteiger partial charge in [0.05, 0.1) is 5.92 Å². The zero-order valence-corrected chi connectivity index (χ0v) is 9.14. The number of carbonyl (C=O) groups is 2. The van der Waals surface area contributed by atoms with Crippen molar-refractivity contribution in [3.63, 3.8) is 0 Å². The molecule has 2 bridgehead atoms. The third-order valence-electron chi connectivity index (χ3n) is 4.43. The summed E-state index contributed by atoms with van der Waals surface area (Å²) in [6, 6.07) is 0. The van der Waals surface area contributed by atoms with Crippen molar-refractivity contribution in [1.29, 1.82) is 0 Å². The van der Waals surface area contributed by atoms with Gasteiger partial charge in [0.2, 0.25) is 0 Å². The van der Waals surface area contributed by atoms with E-state index >= 15 is 0 Å². The van der Waals surface area contributed by atoms with Crippen molar-refractivity contribution >= 4 is 11.9 Å². The Balaban J connectivity index is 1.91. The van der Waals surface area contributed by atoms with Gasteiger partial charge in [-0.1, -0.05) is 13.5 Å². The predicted octanol–water partition coefficient (Wildman–Crippen LogP) is 1.06. The van der Waals surface area contributed by atoms with Crippen LogP contribution in [0.3, 0.4) is 0 Å². The van der Waals surface area contributed by atoms with Crippen LogP contribution in [0, 0.1) is 17.8 Å². The molecular weight excluding hydrogens is 208 g/mol. The quantitative estimate of drug-likeness (QED) is 0.517. The fraction of sp³-hybridized carbons (Fsp3) is 0.667. The first-order chi connectivity index (χ1) is 7.57. The molecule has 0 N–H and O–H groups in total. The average molecular weight is 222 g/mol. The molecule has 86 valence electrons. The molecule has 5 atom stereocenters. The Labute approximate surface area is 93.6 Å². The Bertz CT molecular complexity index is 388. The van der Waals surface area contributed by atoms with E-state index in [2.05, 4.69) is 6.58 Å². The molecule has 0 spiro atoms. The number of rotatable bonds is 2. The second kappa shape index (κ2) is 2.87. The summed E-state index contributed by atoms with van der Waals surface area (Å²) in [6.45, 7) is 5.40. The fourth-order valence-corrected chi connectivity index (χ4v) is 3.62. The molecule has 5 unspecified atom stereocenters. The van der Waals surface area contributed by atoms with E-state index in [0.29, 0.717) is 6.42 Å². The Kier molecular flexibility index (Phi) is 1.77. The van der Waals surface area contributed by atoms with E-state index in [-0.39, 0.29) is 29.8 Å². The molecular formula is C12H14O4. The van der Waals surface area contributed by atoms with E-state index in [0.717, 1.165) is 6.42 Å². The topological polar surface area (TPSA) is 52.6 Å². The van der Waals surface area contributed by atoms with Gasteiger partial charge in [-0.05, 0) is 6.42 Å². The highest BCUT2D eigenvalue weighted by atomic mass is 16.6. The van der Waals surface area contributed by atoms with Gasteiger partial charge in [-0.25, -0.2) is 4.79 Å². The lowest BCUT2D eigenvalue weighted by Gasteiger charge is -2.33. The monoisotopic (exact) mass is 222 g/mol. The maximum absolute atomic E-state index is 11.6. The van der Waals surface area contributed by atoms with E-state index < -0.39 is 11.6 Å². The van der Waals surface area contributed by atoms with Crippen molar-refractivity contribution < 1.29 is 19.1 Å². The molecule has 0 aromatic carbocycles. The van der Waals surface area contributed by atoms with Crippen LogP contribution >= 0.6 is 0 Å². The second-order valence-corrected chi connectivity index (χ2v) is 5.06. The number of carbonyl (C=O) groups excluding carboxylic acids is 2. The molecule has 0 aromatic rings. The summed E-state index contributed by atoms with van der Waals surface area (Å²) < 4.78 is 10.8. The van der Waals surface area contributed by atoms with E-state index in [1.54, 1.807) is 0 Å².